The first-order chi connectivity index (χ1) is 7.11. The van der Waals surface area contributed by atoms with Gasteiger partial charge in [-0.05, 0) is 27.6 Å². The lowest BCUT2D eigenvalue weighted by atomic mass is 10.2. The number of hydrogen-bond donors (Lipinski definition) is 0. The predicted octanol–water partition coefficient (Wildman–Crippen LogP) is 3.88. The van der Waals surface area contributed by atoms with Gasteiger partial charge in [0.1, 0.15) is 5.82 Å². The highest BCUT2D eigenvalue weighted by Gasteiger charge is 2.01. The summed E-state index contributed by atoms with van der Waals surface area (Å²) in [6, 6.07) is 4.85. The minimum absolute atomic E-state index is 0.0814. The monoisotopic (exact) mass is 288 g/mol. The van der Waals surface area contributed by atoms with Crippen LogP contribution in [0.4, 0.5) is 4.39 Å². The van der Waals surface area contributed by atoms with Gasteiger partial charge in [0.05, 0.1) is 4.47 Å². The van der Waals surface area contributed by atoms with Crippen LogP contribution in [0.1, 0.15) is 12.5 Å². The fraction of sp³-hybridized carbons (Fsp3) is 0.182. The molecule has 0 aliphatic rings. The second-order valence-corrected chi connectivity index (χ2v) is 4.84. The van der Waals surface area contributed by atoms with E-state index in [0.29, 0.717) is 10.2 Å². The molecule has 0 spiro atoms. The Bertz CT molecular complexity index is 390. The van der Waals surface area contributed by atoms with E-state index in [2.05, 4.69) is 15.9 Å². The van der Waals surface area contributed by atoms with Crippen molar-refractivity contribution in [1.29, 1.82) is 0 Å². The highest BCUT2D eigenvalue weighted by atomic mass is 79.9. The van der Waals surface area contributed by atoms with Crippen LogP contribution in [-0.4, -0.2) is 10.9 Å². The molecule has 0 aliphatic carbocycles. The molecule has 1 aromatic carbocycles. The van der Waals surface area contributed by atoms with Crippen molar-refractivity contribution in [3.63, 3.8) is 0 Å². The molecule has 0 aromatic heterocycles. The Kier molecular flexibility index (Phi) is 5.05. The number of carbonyl (C=O) groups is 1. The lowest BCUT2D eigenvalue weighted by molar-refractivity contribution is -0.109. The van der Waals surface area contributed by atoms with Gasteiger partial charge < -0.3 is 0 Å². The third kappa shape index (κ3) is 4.18. The van der Waals surface area contributed by atoms with E-state index >= 15 is 0 Å². The van der Waals surface area contributed by atoms with Gasteiger partial charge in [0.25, 0.3) is 0 Å². The van der Waals surface area contributed by atoms with Crippen LogP contribution in [0.5, 0.6) is 0 Å². The number of thioether (sulfide) groups is 1. The van der Waals surface area contributed by atoms with Crippen molar-refractivity contribution >= 4 is 38.9 Å². The van der Waals surface area contributed by atoms with Crippen molar-refractivity contribution in [2.45, 2.75) is 6.92 Å². The first kappa shape index (κ1) is 12.5. The van der Waals surface area contributed by atoms with E-state index in [1.54, 1.807) is 12.1 Å². The summed E-state index contributed by atoms with van der Waals surface area (Å²) in [5.41, 5.74) is 0.777. The molecule has 0 amide bonds. The van der Waals surface area contributed by atoms with Crippen LogP contribution in [0.3, 0.4) is 0 Å². The maximum absolute atomic E-state index is 13.1. The van der Waals surface area contributed by atoms with Crippen molar-refractivity contribution < 1.29 is 9.18 Å². The molecule has 1 nitrogen and oxygen atoms in total. The minimum atomic E-state index is -0.281. The van der Waals surface area contributed by atoms with E-state index in [0.717, 1.165) is 5.56 Å². The zero-order valence-electron chi connectivity index (χ0n) is 8.17. The van der Waals surface area contributed by atoms with Crippen molar-refractivity contribution in [3.8, 4) is 0 Å². The second kappa shape index (κ2) is 6.08. The van der Waals surface area contributed by atoms with Crippen LogP contribution >= 0.6 is 27.7 Å². The van der Waals surface area contributed by atoms with E-state index in [1.807, 2.05) is 12.1 Å². The number of carbonyl (C=O) groups excluding carboxylic acids is 1. The van der Waals surface area contributed by atoms with Crippen LogP contribution in [-0.2, 0) is 4.79 Å². The summed E-state index contributed by atoms with van der Waals surface area (Å²) in [5, 5.41) is 0.0814. The Morgan fingerprint density at radius 3 is 3.00 bits per heavy atom. The standard InChI is InChI=1S/C11H10BrFOS/c1-8(14)15-7-3-5-9-4-2-6-10(13)11(9)12/h2-6H,7H2,1H3. The van der Waals surface area contributed by atoms with E-state index in [4.69, 9.17) is 0 Å². The van der Waals surface area contributed by atoms with Crippen LogP contribution < -0.4 is 0 Å². The maximum atomic E-state index is 13.1. The van der Waals surface area contributed by atoms with E-state index < -0.39 is 0 Å². The molecule has 0 saturated carbocycles. The number of benzene rings is 1. The van der Waals surface area contributed by atoms with E-state index in [-0.39, 0.29) is 10.9 Å². The third-order valence-corrected chi connectivity index (χ3v) is 3.26. The second-order valence-electron chi connectivity index (χ2n) is 2.85. The van der Waals surface area contributed by atoms with Gasteiger partial charge in [0, 0.05) is 12.7 Å². The van der Waals surface area contributed by atoms with Crippen LogP contribution in [0.2, 0.25) is 0 Å². The fourth-order valence-electron chi connectivity index (χ4n) is 0.990. The summed E-state index contributed by atoms with van der Waals surface area (Å²) in [4.78, 5) is 10.6. The molecular formula is C11H10BrFOS. The van der Waals surface area contributed by atoms with Crippen molar-refractivity contribution in [1.82, 2.24) is 0 Å². The Balaban J connectivity index is 2.64. The molecule has 0 aliphatic heterocycles. The Labute approximate surface area is 101 Å². The molecule has 1 rings (SSSR count). The van der Waals surface area contributed by atoms with Gasteiger partial charge in [0.2, 0.25) is 0 Å². The van der Waals surface area contributed by atoms with Gasteiger partial charge in [-0.15, -0.1) is 0 Å². The smallest absolute Gasteiger partial charge is 0.186 e. The van der Waals surface area contributed by atoms with Gasteiger partial charge in [-0.1, -0.05) is 36.0 Å². The summed E-state index contributed by atoms with van der Waals surface area (Å²) in [6.45, 7) is 1.52. The summed E-state index contributed by atoms with van der Waals surface area (Å²) in [7, 11) is 0. The van der Waals surface area contributed by atoms with Crippen molar-refractivity contribution in [2.24, 2.45) is 0 Å². The Morgan fingerprint density at radius 1 is 1.60 bits per heavy atom. The molecular weight excluding hydrogens is 279 g/mol. The summed E-state index contributed by atoms with van der Waals surface area (Å²) < 4.78 is 13.5. The molecule has 15 heavy (non-hydrogen) atoms. The predicted molar refractivity (Wildman–Crippen MR) is 66.3 cm³/mol. The topological polar surface area (TPSA) is 17.1 Å². The van der Waals surface area contributed by atoms with E-state index in [1.165, 1.54) is 24.8 Å². The van der Waals surface area contributed by atoms with Gasteiger partial charge in [-0.25, -0.2) is 4.39 Å². The van der Waals surface area contributed by atoms with Crippen molar-refractivity contribution in [2.75, 3.05) is 5.75 Å². The average molecular weight is 289 g/mol. The van der Waals surface area contributed by atoms with E-state index in [9.17, 15) is 9.18 Å². The average Bonchev–Trinajstić information content (AvgIpc) is 2.18. The number of rotatable bonds is 3. The molecule has 0 unspecified atom stereocenters. The number of hydrogen-bond acceptors (Lipinski definition) is 2. The zero-order valence-corrected chi connectivity index (χ0v) is 10.6. The summed E-state index contributed by atoms with van der Waals surface area (Å²) in [6.07, 6.45) is 3.63. The van der Waals surface area contributed by atoms with Crippen LogP contribution in [0, 0.1) is 5.82 Å². The van der Waals surface area contributed by atoms with Gasteiger partial charge in [0.15, 0.2) is 5.12 Å². The molecule has 1 aromatic rings. The normalized spacial score (nSPS) is 10.9. The van der Waals surface area contributed by atoms with Gasteiger partial charge in [-0.3, -0.25) is 4.79 Å². The molecule has 0 fully saturated rings. The fourth-order valence-corrected chi connectivity index (χ4v) is 1.81. The Morgan fingerprint density at radius 2 is 2.33 bits per heavy atom. The molecule has 0 heterocycles. The lowest BCUT2D eigenvalue weighted by Crippen LogP contribution is -1.83. The number of halogens is 2. The quantitative estimate of drug-likeness (QED) is 0.840. The largest absolute Gasteiger partial charge is 0.288 e. The first-order valence-corrected chi connectivity index (χ1v) is 6.13. The molecule has 0 bridgehead atoms. The molecule has 0 N–H and O–H groups in total. The minimum Gasteiger partial charge on any atom is -0.288 e. The van der Waals surface area contributed by atoms with Crippen LogP contribution in [0.25, 0.3) is 6.08 Å². The maximum Gasteiger partial charge on any atom is 0.186 e. The van der Waals surface area contributed by atoms with Crippen LogP contribution in [0.15, 0.2) is 28.7 Å². The summed E-state index contributed by atoms with van der Waals surface area (Å²) >= 11 is 4.39. The molecule has 4 heteroatoms. The summed E-state index contributed by atoms with van der Waals surface area (Å²) in [5.74, 6) is 0.328. The SMILES string of the molecule is CC(=O)SCC=Cc1cccc(F)c1Br. The van der Waals surface area contributed by atoms with Crippen molar-refractivity contribution in [3.05, 3.63) is 40.1 Å². The highest BCUT2D eigenvalue weighted by Crippen LogP contribution is 2.21. The first-order valence-electron chi connectivity index (χ1n) is 4.35. The molecule has 80 valence electrons. The molecule has 0 atom stereocenters. The zero-order chi connectivity index (χ0) is 11.3. The molecule has 0 radical (unpaired) electrons. The van der Waals surface area contributed by atoms with Gasteiger partial charge in [-0.2, -0.15) is 0 Å². The Hall–Kier alpha value is -0.610. The lowest BCUT2D eigenvalue weighted by Gasteiger charge is -1.98. The highest BCUT2D eigenvalue weighted by molar-refractivity contribution is 9.10. The third-order valence-electron chi connectivity index (χ3n) is 1.66. The van der Waals surface area contributed by atoms with Gasteiger partial charge >= 0.3 is 0 Å². The molecule has 0 saturated heterocycles.